The highest BCUT2D eigenvalue weighted by atomic mass is 35.5. The molecule has 1 amide bonds. The van der Waals surface area contributed by atoms with Crippen LogP contribution in [0.3, 0.4) is 0 Å². The minimum absolute atomic E-state index is 0.0595. The van der Waals surface area contributed by atoms with Crippen LogP contribution in [0.15, 0.2) is 53.1 Å². The van der Waals surface area contributed by atoms with E-state index in [4.69, 9.17) is 16.1 Å². The molecular weight excluding hydrogens is 338 g/mol. The summed E-state index contributed by atoms with van der Waals surface area (Å²) in [4.78, 5) is 18.6. The fourth-order valence-electron chi connectivity index (χ4n) is 2.51. The minimum atomic E-state index is -0.0666. The SMILES string of the molecule is Cc1noc(-c2ccc(C(=O)N(C)C(C)c3ccc(Cl)cc3)cc2)n1. The lowest BCUT2D eigenvalue weighted by atomic mass is 10.1. The van der Waals surface area contributed by atoms with Gasteiger partial charge in [0, 0.05) is 23.2 Å². The molecule has 1 unspecified atom stereocenters. The Balaban J connectivity index is 1.76. The van der Waals surface area contributed by atoms with Crippen molar-refractivity contribution in [2.75, 3.05) is 7.05 Å². The average Bonchev–Trinajstić information content (AvgIpc) is 3.07. The molecule has 0 saturated carbocycles. The van der Waals surface area contributed by atoms with Crippen LogP contribution in [0.5, 0.6) is 0 Å². The topological polar surface area (TPSA) is 59.2 Å². The Bertz CT molecular complexity index is 872. The standard InChI is InChI=1S/C19H18ClN3O2/c1-12(14-8-10-17(20)11-9-14)23(3)19(24)16-6-4-15(5-7-16)18-21-13(2)22-25-18/h4-12H,1-3H3. The number of halogens is 1. The molecule has 0 aliphatic heterocycles. The Labute approximate surface area is 151 Å². The molecule has 128 valence electrons. The molecule has 25 heavy (non-hydrogen) atoms. The molecule has 0 saturated heterocycles. The molecule has 0 bridgehead atoms. The van der Waals surface area contributed by atoms with Crippen molar-refractivity contribution in [3.63, 3.8) is 0 Å². The summed E-state index contributed by atoms with van der Waals surface area (Å²) in [6, 6.07) is 14.6. The second kappa shape index (κ2) is 7.07. The first-order valence-electron chi connectivity index (χ1n) is 7.89. The number of nitrogens with zero attached hydrogens (tertiary/aromatic N) is 3. The molecular formula is C19H18ClN3O2. The van der Waals surface area contributed by atoms with Gasteiger partial charge in [-0.15, -0.1) is 0 Å². The third-order valence-electron chi connectivity index (χ3n) is 4.16. The lowest BCUT2D eigenvalue weighted by Gasteiger charge is -2.25. The van der Waals surface area contributed by atoms with Crippen molar-refractivity contribution in [1.82, 2.24) is 15.0 Å². The number of carbonyl (C=O) groups is 1. The van der Waals surface area contributed by atoms with Gasteiger partial charge in [-0.05, 0) is 55.8 Å². The van der Waals surface area contributed by atoms with Crippen LogP contribution in [0.2, 0.25) is 5.02 Å². The summed E-state index contributed by atoms with van der Waals surface area (Å²) in [6.07, 6.45) is 0. The summed E-state index contributed by atoms with van der Waals surface area (Å²) in [5.41, 5.74) is 2.41. The summed E-state index contributed by atoms with van der Waals surface area (Å²) in [7, 11) is 1.79. The van der Waals surface area contributed by atoms with Crippen LogP contribution in [0.1, 0.15) is 34.7 Å². The second-order valence-electron chi connectivity index (χ2n) is 5.87. The van der Waals surface area contributed by atoms with Crippen LogP contribution in [0, 0.1) is 6.92 Å². The normalized spacial score (nSPS) is 12.0. The predicted octanol–water partition coefficient (Wildman–Crippen LogP) is 4.53. The van der Waals surface area contributed by atoms with Gasteiger partial charge in [0.05, 0.1) is 6.04 Å². The van der Waals surface area contributed by atoms with E-state index in [1.165, 1.54) is 0 Å². The van der Waals surface area contributed by atoms with Crippen LogP contribution in [-0.2, 0) is 0 Å². The maximum absolute atomic E-state index is 12.7. The first kappa shape index (κ1) is 17.2. The van der Waals surface area contributed by atoms with Gasteiger partial charge in [-0.25, -0.2) is 0 Å². The van der Waals surface area contributed by atoms with E-state index in [9.17, 15) is 4.79 Å². The molecule has 0 radical (unpaired) electrons. The van der Waals surface area contributed by atoms with Crippen molar-refractivity contribution in [3.8, 4) is 11.5 Å². The largest absolute Gasteiger partial charge is 0.335 e. The molecule has 0 aliphatic rings. The Kier molecular flexibility index (Phi) is 4.86. The first-order valence-corrected chi connectivity index (χ1v) is 8.27. The lowest BCUT2D eigenvalue weighted by molar-refractivity contribution is 0.0742. The fourth-order valence-corrected chi connectivity index (χ4v) is 2.64. The van der Waals surface area contributed by atoms with E-state index in [1.807, 2.05) is 31.2 Å². The van der Waals surface area contributed by atoms with E-state index in [-0.39, 0.29) is 11.9 Å². The molecule has 1 aromatic heterocycles. The van der Waals surface area contributed by atoms with Crippen molar-refractivity contribution in [2.45, 2.75) is 19.9 Å². The Hall–Kier alpha value is -2.66. The second-order valence-corrected chi connectivity index (χ2v) is 6.30. The zero-order valence-corrected chi connectivity index (χ0v) is 15.0. The lowest BCUT2D eigenvalue weighted by Crippen LogP contribution is -2.29. The number of aryl methyl sites for hydroxylation is 1. The molecule has 0 aliphatic carbocycles. The number of aromatic nitrogens is 2. The number of rotatable bonds is 4. The van der Waals surface area contributed by atoms with Gasteiger partial charge in [0.1, 0.15) is 0 Å². The summed E-state index contributed by atoms with van der Waals surface area (Å²) in [6.45, 7) is 3.74. The minimum Gasteiger partial charge on any atom is -0.335 e. The molecule has 3 aromatic rings. The van der Waals surface area contributed by atoms with E-state index in [0.717, 1.165) is 11.1 Å². The van der Waals surface area contributed by atoms with Crippen LogP contribution < -0.4 is 0 Å². The summed E-state index contributed by atoms with van der Waals surface area (Å²) in [5, 5.41) is 4.45. The van der Waals surface area contributed by atoms with Crippen molar-refractivity contribution in [1.29, 1.82) is 0 Å². The van der Waals surface area contributed by atoms with Gasteiger partial charge in [0.25, 0.3) is 11.8 Å². The van der Waals surface area contributed by atoms with E-state index < -0.39 is 0 Å². The smallest absolute Gasteiger partial charge is 0.257 e. The van der Waals surface area contributed by atoms with Crippen LogP contribution >= 0.6 is 11.6 Å². The number of benzene rings is 2. The van der Waals surface area contributed by atoms with Crippen LogP contribution in [-0.4, -0.2) is 28.0 Å². The molecule has 3 rings (SSSR count). The van der Waals surface area contributed by atoms with Gasteiger partial charge < -0.3 is 9.42 Å². The Morgan fingerprint density at radius 3 is 2.32 bits per heavy atom. The van der Waals surface area contributed by atoms with Crippen molar-refractivity contribution < 1.29 is 9.32 Å². The van der Waals surface area contributed by atoms with E-state index in [0.29, 0.717) is 22.3 Å². The van der Waals surface area contributed by atoms with Gasteiger partial charge >= 0.3 is 0 Å². The number of hydrogen-bond acceptors (Lipinski definition) is 4. The maximum Gasteiger partial charge on any atom is 0.257 e. The number of hydrogen-bond donors (Lipinski definition) is 0. The zero-order chi connectivity index (χ0) is 18.0. The average molecular weight is 356 g/mol. The molecule has 5 nitrogen and oxygen atoms in total. The summed E-state index contributed by atoms with van der Waals surface area (Å²) in [5.74, 6) is 0.960. The van der Waals surface area contributed by atoms with E-state index in [1.54, 1.807) is 43.1 Å². The maximum atomic E-state index is 12.7. The van der Waals surface area contributed by atoms with Gasteiger partial charge in [-0.2, -0.15) is 4.98 Å². The van der Waals surface area contributed by atoms with Crippen LogP contribution in [0.25, 0.3) is 11.5 Å². The van der Waals surface area contributed by atoms with E-state index in [2.05, 4.69) is 10.1 Å². The number of amides is 1. The van der Waals surface area contributed by atoms with Gasteiger partial charge in [-0.3, -0.25) is 4.79 Å². The van der Waals surface area contributed by atoms with Gasteiger partial charge in [0.15, 0.2) is 5.82 Å². The van der Waals surface area contributed by atoms with Gasteiger partial charge in [0.2, 0.25) is 0 Å². The Morgan fingerprint density at radius 1 is 1.12 bits per heavy atom. The zero-order valence-electron chi connectivity index (χ0n) is 14.2. The van der Waals surface area contributed by atoms with Crippen molar-refractivity contribution in [2.24, 2.45) is 0 Å². The monoisotopic (exact) mass is 355 g/mol. The number of carbonyl (C=O) groups excluding carboxylic acids is 1. The van der Waals surface area contributed by atoms with Crippen molar-refractivity contribution >= 4 is 17.5 Å². The highest BCUT2D eigenvalue weighted by molar-refractivity contribution is 6.30. The highest BCUT2D eigenvalue weighted by Gasteiger charge is 2.19. The highest BCUT2D eigenvalue weighted by Crippen LogP contribution is 2.23. The molecule has 1 atom stereocenters. The van der Waals surface area contributed by atoms with Gasteiger partial charge in [-0.1, -0.05) is 28.9 Å². The molecule has 0 N–H and O–H groups in total. The quantitative estimate of drug-likeness (QED) is 0.689. The Morgan fingerprint density at radius 2 is 1.76 bits per heavy atom. The fraction of sp³-hybridized carbons (Fsp3) is 0.211. The third-order valence-corrected chi connectivity index (χ3v) is 4.41. The molecule has 2 aromatic carbocycles. The molecule has 1 heterocycles. The molecule has 0 spiro atoms. The van der Waals surface area contributed by atoms with E-state index >= 15 is 0 Å². The first-order chi connectivity index (χ1) is 12.0. The third kappa shape index (κ3) is 3.72. The summed E-state index contributed by atoms with van der Waals surface area (Å²) < 4.78 is 5.14. The molecule has 0 fully saturated rings. The summed E-state index contributed by atoms with van der Waals surface area (Å²) >= 11 is 5.92. The molecule has 6 heteroatoms. The van der Waals surface area contributed by atoms with Crippen molar-refractivity contribution in [3.05, 3.63) is 70.5 Å². The van der Waals surface area contributed by atoms with Crippen LogP contribution in [0.4, 0.5) is 0 Å². The predicted molar refractivity (Wildman–Crippen MR) is 96.4 cm³/mol.